The van der Waals surface area contributed by atoms with Crippen molar-refractivity contribution in [3.8, 4) is 11.3 Å². The zero-order valence-corrected chi connectivity index (χ0v) is 18.4. The average Bonchev–Trinajstić information content (AvgIpc) is 3.44. The van der Waals surface area contributed by atoms with Gasteiger partial charge in [0.1, 0.15) is 16.5 Å². The van der Waals surface area contributed by atoms with Crippen LogP contribution in [0, 0.1) is 10.1 Å². The van der Waals surface area contributed by atoms with Crippen LogP contribution in [0.3, 0.4) is 0 Å². The van der Waals surface area contributed by atoms with E-state index in [0.29, 0.717) is 48.8 Å². The summed E-state index contributed by atoms with van der Waals surface area (Å²) in [5.74, 6) is 0.741. The van der Waals surface area contributed by atoms with Crippen LogP contribution in [-0.2, 0) is 17.7 Å². The number of hydrogen-bond donors (Lipinski definition) is 2. The fraction of sp³-hybridized carbons (Fsp3) is 0.273. The van der Waals surface area contributed by atoms with E-state index in [2.05, 4.69) is 10.6 Å². The third kappa shape index (κ3) is 3.80. The molecule has 5 rings (SSSR count). The van der Waals surface area contributed by atoms with Gasteiger partial charge in [-0.15, -0.1) is 11.3 Å². The van der Waals surface area contributed by atoms with E-state index in [1.165, 1.54) is 23.5 Å². The number of rotatable bonds is 4. The monoisotopic (exact) mass is 468 g/mol. The van der Waals surface area contributed by atoms with Gasteiger partial charge < -0.3 is 24.7 Å². The summed E-state index contributed by atoms with van der Waals surface area (Å²) in [5, 5.41) is 18.0. The fourth-order valence-electron chi connectivity index (χ4n) is 4.06. The van der Waals surface area contributed by atoms with E-state index in [1.807, 2.05) is 0 Å². The fourth-order valence-corrected chi connectivity index (χ4v) is 5.35. The number of carbonyl (C=O) groups excluding carboxylic acids is 2. The molecule has 1 atom stereocenters. The molecule has 11 heteroatoms. The molecule has 2 aliphatic rings. The lowest BCUT2D eigenvalue weighted by Gasteiger charge is -2.27. The number of carbonyl (C=O) groups is 2. The zero-order valence-electron chi connectivity index (χ0n) is 17.6. The molecule has 2 aromatic heterocycles. The molecule has 0 unspecified atom stereocenters. The van der Waals surface area contributed by atoms with E-state index in [9.17, 15) is 19.7 Å². The predicted octanol–water partition coefficient (Wildman–Crippen LogP) is 4.29. The SMILES string of the molecule is CCOC(=O)N1CCc2c(sc3c2C(=O)N[C@H](c2ccc(-c4cccc([N+](=O)[O-])c4)o2)N3)C1. The predicted molar refractivity (Wildman–Crippen MR) is 120 cm³/mol. The maximum absolute atomic E-state index is 13.0. The molecule has 2 N–H and O–H groups in total. The van der Waals surface area contributed by atoms with Gasteiger partial charge in [-0.2, -0.15) is 0 Å². The van der Waals surface area contributed by atoms with Gasteiger partial charge in [-0.25, -0.2) is 4.79 Å². The number of nitrogens with one attached hydrogen (secondary N) is 2. The number of benzene rings is 1. The highest BCUT2D eigenvalue weighted by Crippen LogP contribution is 2.41. The largest absolute Gasteiger partial charge is 0.457 e. The second kappa shape index (κ2) is 8.24. The van der Waals surface area contributed by atoms with Crippen LogP contribution in [0.25, 0.3) is 11.3 Å². The summed E-state index contributed by atoms with van der Waals surface area (Å²) in [6, 6.07) is 9.62. The van der Waals surface area contributed by atoms with Crippen molar-refractivity contribution < 1.29 is 23.7 Å². The second-order valence-corrected chi connectivity index (χ2v) is 8.74. The molecule has 2 aliphatic heterocycles. The van der Waals surface area contributed by atoms with Gasteiger partial charge in [-0.1, -0.05) is 12.1 Å². The van der Waals surface area contributed by atoms with E-state index in [-0.39, 0.29) is 17.7 Å². The Hall–Kier alpha value is -3.86. The molecule has 0 bridgehead atoms. The highest BCUT2D eigenvalue weighted by atomic mass is 32.1. The topological polar surface area (TPSA) is 127 Å². The summed E-state index contributed by atoms with van der Waals surface area (Å²) in [4.78, 5) is 38.2. The van der Waals surface area contributed by atoms with Crippen LogP contribution in [0.1, 0.15) is 39.6 Å². The number of hydrogen-bond acceptors (Lipinski definition) is 8. The molecule has 0 radical (unpaired) electrons. The lowest BCUT2D eigenvalue weighted by Crippen LogP contribution is -2.39. The van der Waals surface area contributed by atoms with Crippen LogP contribution in [-0.4, -0.2) is 35.0 Å². The molecule has 170 valence electrons. The van der Waals surface area contributed by atoms with E-state index in [4.69, 9.17) is 9.15 Å². The summed E-state index contributed by atoms with van der Waals surface area (Å²) in [6.45, 7) is 2.99. The number of anilines is 1. The third-order valence-corrected chi connectivity index (χ3v) is 6.76. The Morgan fingerprint density at radius 2 is 2.18 bits per heavy atom. The first-order valence-electron chi connectivity index (χ1n) is 10.4. The van der Waals surface area contributed by atoms with Crippen molar-refractivity contribution in [2.75, 3.05) is 18.5 Å². The summed E-state index contributed by atoms with van der Waals surface area (Å²) in [5.41, 5.74) is 2.11. The smallest absolute Gasteiger partial charge is 0.410 e. The van der Waals surface area contributed by atoms with Gasteiger partial charge in [-0.05, 0) is 31.0 Å². The first-order chi connectivity index (χ1) is 15.9. The van der Waals surface area contributed by atoms with Gasteiger partial charge in [0, 0.05) is 29.1 Å². The number of nitro groups is 1. The van der Waals surface area contributed by atoms with Gasteiger partial charge in [0.05, 0.1) is 23.6 Å². The highest BCUT2D eigenvalue weighted by Gasteiger charge is 2.35. The molecule has 3 aromatic rings. The summed E-state index contributed by atoms with van der Waals surface area (Å²) >= 11 is 1.45. The average molecular weight is 468 g/mol. The van der Waals surface area contributed by atoms with E-state index < -0.39 is 11.1 Å². The maximum Gasteiger partial charge on any atom is 0.410 e. The van der Waals surface area contributed by atoms with Gasteiger partial charge in [-0.3, -0.25) is 14.9 Å². The molecular formula is C22H20N4O6S. The Morgan fingerprint density at radius 3 is 2.97 bits per heavy atom. The molecule has 0 fully saturated rings. The zero-order chi connectivity index (χ0) is 23.1. The van der Waals surface area contributed by atoms with Gasteiger partial charge in [0.2, 0.25) is 0 Å². The minimum absolute atomic E-state index is 0.0276. The Morgan fingerprint density at radius 1 is 1.33 bits per heavy atom. The molecule has 4 heterocycles. The van der Waals surface area contributed by atoms with Crippen molar-refractivity contribution in [1.82, 2.24) is 10.2 Å². The molecule has 1 aromatic carbocycles. The van der Waals surface area contributed by atoms with Gasteiger partial charge in [0.15, 0.2) is 6.17 Å². The highest BCUT2D eigenvalue weighted by molar-refractivity contribution is 7.16. The Balaban J connectivity index is 1.38. The molecule has 10 nitrogen and oxygen atoms in total. The minimum Gasteiger partial charge on any atom is -0.457 e. The number of amides is 2. The van der Waals surface area contributed by atoms with Crippen LogP contribution >= 0.6 is 11.3 Å². The summed E-state index contributed by atoms with van der Waals surface area (Å²) in [6.07, 6.45) is -0.356. The second-order valence-electron chi connectivity index (χ2n) is 7.64. The number of nitrogens with zero attached hydrogens (tertiary/aromatic N) is 2. The van der Waals surface area contributed by atoms with E-state index in [0.717, 1.165) is 15.4 Å². The lowest BCUT2D eigenvalue weighted by molar-refractivity contribution is -0.384. The molecule has 0 saturated carbocycles. The van der Waals surface area contributed by atoms with Crippen LogP contribution in [0.4, 0.5) is 15.5 Å². The Kier molecular flexibility index (Phi) is 5.25. The number of ether oxygens (including phenoxy) is 1. The lowest BCUT2D eigenvalue weighted by atomic mass is 10.0. The molecule has 33 heavy (non-hydrogen) atoms. The maximum atomic E-state index is 13.0. The van der Waals surface area contributed by atoms with E-state index in [1.54, 1.807) is 36.1 Å². The number of fused-ring (bicyclic) bond motifs is 3. The van der Waals surface area contributed by atoms with Crippen molar-refractivity contribution in [1.29, 1.82) is 0 Å². The quantitative estimate of drug-likeness (QED) is 0.432. The number of furan rings is 1. The van der Waals surface area contributed by atoms with Crippen molar-refractivity contribution in [3.63, 3.8) is 0 Å². The van der Waals surface area contributed by atoms with Gasteiger partial charge in [0.25, 0.3) is 11.6 Å². The normalized spacial score (nSPS) is 16.9. The van der Waals surface area contributed by atoms with Crippen molar-refractivity contribution >= 4 is 34.0 Å². The molecule has 0 saturated heterocycles. The van der Waals surface area contributed by atoms with E-state index >= 15 is 0 Å². The summed E-state index contributed by atoms with van der Waals surface area (Å²) < 4.78 is 11.0. The van der Waals surface area contributed by atoms with Crippen LogP contribution < -0.4 is 10.6 Å². The number of non-ortho nitro benzene ring substituents is 1. The Bertz CT molecular complexity index is 1270. The molecule has 0 spiro atoms. The third-order valence-electron chi connectivity index (χ3n) is 5.61. The standard InChI is InChI=1S/C22H20N4O6S/c1-2-31-22(28)25-9-8-14-17(11-25)33-21-18(14)20(27)23-19(24-21)16-7-6-15(32-16)12-4-3-5-13(10-12)26(29)30/h3-7,10,19,24H,2,8-9,11H2,1H3,(H,23,27)/t19-/m0/s1. The number of thiophene rings is 1. The first kappa shape index (κ1) is 21.0. The Labute approximate surface area is 192 Å². The summed E-state index contributed by atoms with van der Waals surface area (Å²) in [7, 11) is 0. The van der Waals surface area contributed by atoms with Crippen LogP contribution in [0.5, 0.6) is 0 Å². The van der Waals surface area contributed by atoms with Crippen molar-refractivity contribution in [2.24, 2.45) is 0 Å². The van der Waals surface area contributed by atoms with Gasteiger partial charge >= 0.3 is 6.09 Å². The first-order valence-corrected chi connectivity index (χ1v) is 11.2. The molecule has 2 amide bonds. The van der Waals surface area contributed by atoms with Crippen LogP contribution in [0.2, 0.25) is 0 Å². The molecular weight excluding hydrogens is 448 g/mol. The number of nitro benzene ring substituents is 1. The van der Waals surface area contributed by atoms with Crippen molar-refractivity contribution in [2.45, 2.75) is 26.1 Å². The van der Waals surface area contributed by atoms with Crippen molar-refractivity contribution in [3.05, 3.63) is 68.3 Å². The minimum atomic E-state index is -0.585. The molecule has 0 aliphatic carbocycles. The van der Waals surface area contributed by atoms with Crippen LogP contribution in [0.15, 0.2) is 40.8 Å².